The van der Waals surface area contributed by atoms with Crippen LogP contribution in [-0.2, 0) is 11.0 Å². The number of hydrogen-bond donors (Lipinski definition) is 0. The molecule has 0 spiro atoms. The maximum atomic E-state index is 11.8. The number of hydrogen-bond acceptors (Lipinski definition) is 2. The van der Waals surface area contributed by atoms with Gasteiger partial charge >= 0.3 is 0 Å². The zero-order valence-electron chi connectivity index (χ0n) is 12.5. The molecule has 106 valence electrons. The molecule has 1 aromatic carbocycles. The Labute approximate surface area is 119 Å². The summed E-state index contributed by atoms with van der Waals surface area (Å²) >= 11 is 0. The maximum absolute atomic E-state index is 11.8. The summed E-state index contributed by atoms with van der Waals surface area (Å²) in [5.74, 6) is 0. The second kappa shape index (κ2) is 6.85. The molecule has 0 bridgehead atoms. The molecule has 0 aliphatic carbocycles. The Morgan fingerprint density at radius 2 is 1.68 bits per heavy atom. The predicted molar refractivity (Wildman–Crippen MR) is 85.5 cm³/mol. The van der Waals surface area contributed by atoms with Crippen LogP contribution in [-0.4, -0.2) is 28.3 Å². The van der Waals surface area contributed by atoms with Gasteiger partial charge in [0.05, 0.1) is 4.75 Å². The summed E-state index contributed by atoms with van der Waals surface area (Å²) in [7, 11) is -1.20. The third-order valence-electron chi connectivity index (χ3n) is 2.84. The molecule has 19 heavy (non-hydrogen) atoms. The lowest BCUT2D eigenvalue weighted by Crippen LogP contribution is -2.21. The second-order valence-electron chi connectivity index (χ2n) is 5.36. The van der Waals surface area contributed by atoms with E-state index in [0.717, 1.165) is 18.7 Å². The van der Waals surface area contributed by atoms with Gasteiger partial charge in [-0.1, -0.05) is 12.1 Å². The quantitative estimate of drug-likeness (QED) is 0.774. The van der Waals surface area contributed by atoms with Crippen LogP contribution in [0.2, 0.25) is 0 Å². The van der Waals surface area contributed by atoms with Crippen LogP contribution >= 0.6 is 0 Å². The first-order chi connectivity index (χ1) is 8.88. The fourth-order valence-electron chi connectivity index (χ4n) is 1.63. The minimum atomic E-state index is -1.20. The summed E-state index contributed by atoms with van der Waals surface area (Å²) in [4.78, 5) is 2.29. The topological polar surface area (TPSA) is 32.7 Å². The van der Waals surface area contributed by atoms with Gasteiger partial charge in [0.15, 0.2) is 0 Å². The highest BCUT2D eigenvalue weighted by Gasteiger charge is 2.18. The normalized spacial score (nSPS) is 13.7. The van der Waals surface area contributed by atoms with Crippen molar-refractivity contribution in [2.45, 2.75) is 39.4 Å². The zero-order chi connectivity index (χ0) is 14.5. The molecule has 0 amide bonds. The third kappa shape index (κ3) is 4.78. The van der Waals surface area contributed by atoms with Gasteiger partial charge in [0.2, 0.25) is 0 Å². The first kappa shape index (κ1) is 15.9. The van der Waals surface area contributed by atoms with Crippen molar-refractivity contribution < 1.29 is 4.21 Å². The monoisotopic (exact) mass is 280 g/mol. The van der Waals surface area contributed by atoms with E-state index in [0.29, 0.717) is 0 Å². The Kier molecular flexibility index (Phi) is 5.73. The van der Waals surface area contributed by atoms with Crippen LogP contribution in [0.25, 0.3) is 0 Å². The summed E-state index contributed by atoms with van der Waals surface area (Å²) in [5, 5.41) is 0. The van der Waals surface area contributed by atoms with Crippen LogP contribution in [0.3, 0.4) is 0 Å². The summed E-state index contributed by atoms with van der Waals surface area (Å²) < 4.78 is 15.6. The molecule has 0 heterocycles. The van der Waals surface area contributed by atoms with E-state index in [4.69, 9.17) is 0 Å². The van der Waals surface area contributed by atoms with Gasteiger partial charge in [-0.05, 0) is 52.3 Å². The number of nitrogens with zero attached hydrogens (tertiary/aromatic N) is 2. The zero-order valence-corrected chi connectivity index (χ0v) is 13.3. The molecule has 4 heteroatoms. The van der Waals surface area contributed by atoms with Crippen LogP contribution in [0.1, 0.15) is 40.2 Å². The van der Waals surface area contributed by atoms with E-state index in [2.05, 4.69) is 35.3 Å². The van der Waals surface area contributed by atoms with Gasteiger partial charge in [0, 0.05) is 25.0 Å². The van der Waals surface area contributed by atoms with Crippen LogP contribution in [0.4, 0.5) is 5.69 Å². The average Bonchev–Trinajstić information content (AvgIpc) is 2.37. The molecule has 0 radical (unpaired) electrons. The molecule has 1 unspecified atom stereocenters. The molecule has 1 rings (SSSR count). The van der Waals surface area contributed by atoms with Crippen molar-refractivity contribution in [3.63, 3.8) is 0 Å². The largest absolute Gasteiger partial charge is 0.372 e. The van der Waals surface area contributed by atoms with Gasteiger partial charge < -0.3 is 4.90 Å². The minimum absolute atomic E-state index is 0.308. The Morgan fingerprint density at radius 1 is 1.16 bits per heavy atom. The number of anilines is 1. The molecule has 3 nitrogen and oxygen atoms in total. The fraction of sp³-hybridized carbons (Fsp3) is 0.533. The molecular weight excluding hydrogens is 256 g/mol. The molecule has 0 aromatic heterocycles. The highest BCUT2D eigenvalue weighted by molar-refractivity contribution is 7.85. The highest BCUT2D eigenvalue weighted by Crippen LogP contribution is 2.15. The van der Waals surface area contributed by atoms with Gasteiger partial charge in [-0.2, -0.15) is 4.40 Å². The van der Waals surface area contributed by atoms with Crippen LogP contribution in [0.5, 0.6) is 0 Å². The van der Waals surface area contributed by atoms with Crippen molar-refractivity contribution in [2.24, 2.45) is 4.40 Å². The van der Waals surface area contributed by atoms with E-state index in [1.807, 2.05) is 32.9 Å². The average molecular weight is 280 g/mol. The SMILES string of the molecule is CCN(CC)c1ccc(/C=N/S(=O)C(C)(C)C)cc1. The molecule has 1 atom stereocenters. The van der Waals surface area contributed by atoms with Crippen molar-refractivity contribution >= 4 is 22.9 Å². The number of benzene rings is 1. The van der Waals surface area contributed by atoms with Crippen molar-refractivity contribution in [1.82, 2.24) is 0 Å². The first-order valence-electron chi connectivity index (χ1n) is 6.69. The lowest BCUT2D eigenvalue weighted by Gasteiger charge is -2.20. The Balaban J connectivity index is 2.78. The van der Waals surface area contributed by atoms with E-state index in [1.54, 1.807) is 6.21 Å². The van der Waals surface area contributed by atoms with E-state index in [1.165, 1.54) is 5.69 Å². The predicted octanol–water partition coefficient (Wildman–Crippen LogP) is 3.41. The van der Waals surface area contributed by atoms with Gasteiger partial charge in [-0.15, -0.1) is 0 Å². The molecule has 0 aliphatic rings. The maximum Gasteiger partial charge on any atom is 0.144 e. The molecule has 0 saturated heterocycles. The Bertz CT molecular complexity index is 442. The van der Waals surface area contributed by atoms with Crippen LogP contribution in [0.15, 0.2) is 28.7 Å². The van der Waals surface area contributed by atoms with Crippen LogP contribution < -0.4 is 4.90 Å². The molecule has 1 aromatic rings. The first-order valence-corrected chi connectivity index (χ1v) is 7.80. The van der Waals surface area contributed by atoms with Crippen molar-refractivity contribution in [1.29, 1.82) is 0 Å². The second-order valence-corrected chi connectivity index (χ2v) is 7.29. The summed E-state index contributed by atoms with van der Waals surface area (Å²) in [6, 6.07) is 8.18. The van der Waals surface area contributed by atoms with E-state index in [-0.39, 0.29) is 4.75 Å². The van der Waals surface area contributed by atoms with Gasteiger partial charge in [0.1, 0.15) is 11.0 Å². The fourth-order valence-corrected chi connectivity index (χ4v) is 2.16. The van der Waals surface area contributed by atoms with E-state index >= 15 is 0 Å². The van der Waals surface area contributed by atoms with Crippen LogP contribution in [0, 0.1) is 0 Å². The Morgan fingerprint density at radius 3 is 2.11 bits per heavy atom. The summed E-state index contributed by atoms with van der Waals surface area (Å²) in [6.45, 7) is 12.0. The minimum Gasteiger partial charge on any atom is -0.372 e. The number of rotatable bonds is 5. The summed E-state index contributed by atoms with van der Waals surface area (Å²) in [6.07, 6.45) is 1.69. The molecule has 0 N–H and O–H groups in total. The van der Waals surface area contributed by atoms with E-state index < -0.39 is 11.0 Å². The standard InChI is InChI=1S/C15H24N2OS/c1-6-17(7-2)14-10-8-13(9-11-14)12-16-19(18)15(3,4)5/h8-12H,6-7H2,1-5H3/b16-12+. The van der Waals surface area contributed by atoms with Crippen molar-refractivity contribution in [3.8, 4) is 0 Å². The van der Waals surface area contributed by atoms with Gasteiger partial charge in [0.25, 0.3) is 0 Å². The van der Waals surface area contributed by atoms with E-state index in [9.17, 15) is 4.21 Å². The highest BCUT2D eigenvalue weighted by atomic mass is 32.2. The lowest BCUT2D eigenvalue weighted by molar-refractivity contribution is 0.651. The summed E-state index contributed by atoms with van der Waals surface area (Å²) in [5.41, 5.74) is 2.19. The Hall–Kier alpha value is -1.16. The molecule has 0 fully saturated rings. The smallest absolute Gasteiger partial charge is 0.144 e. The molecular formula is C15H24N2OS. The lowest BCUT2D eigenvalue weighted by atomic mass is 10.2. The molecule has 0 saturated carbocycles. The van der Waals surface area contributed by atoms with Gasteiger partial charge in [-0.3, -0.25) is 0 Å². The molecule has 0 aliphatic heterocycles. The van der Waals surface area contributed by atoms with Gasteiger partial charge in [-0.25, -0.2) is 4.21 Å². The third-order valence-corrected chi connectivity index (χ3v) is 4.19. The van der Waals surface area contributed by atoms with Crippen molar-refractivity contribution in [3.05, 3.63) is 29.8 Å². The van der Waals surface area contributed by atoms with Crippen molar-refractivity contribution in [2.75, 3.05) is 18.0 Å².